The van der Waals surface area contributed by atoms with Crippen molar-refractivity contribution in [3.05, 3.63) is 35.8 Å². The van der Waals surface area contributed by atoms with Crippen molar-refractivity contribution in [2.45, 2.75) is 13.8 Å². The van der Waals surface area contributed by atoms with E-state index >= 15 is 0 Å². The molecule has 0 aromatic carbocycles. The lowest BCUT2D eigenvalue weighted by Crippen LogP contribution is -2.01. The summed E-state index contributed by atoms with van der Waals surface area (Å²) in [5.74, 6) is 0.836. The Balaban J connectivity index is 2.53. The summed E-state index contributed by atoms with van der Waals surface area (Å²) in [6.45, 7) is 4.03. The van der Waals surface area contributed by atoms with Gasteiger partial charge in [-0.15, -0.1) is 5.10 Å². The predicted octanol–water partition coefficient (Wildman–Crippen LogP) is 1.28. The first kappa shape index (κ1) is 7.91. The van der Waals surface area contributed by atoms with Crippen LogP contribution < -0.4 is 0 Å². The Morgan fingerprint density at radius 3 is 2.77 bits per heavy atom. The Bertz CT molecular complexity index is 406. The summed E-state index contributed by atoms with van der Waals surface area (Å²) in [5, 5.41) is 7.62. The van der Waals surface area contributed by atoms with Crippen LogP contribution in [-0.4, -0.2) is 20.0 Å². The minimum Gasteiger partial charge on any atom is -0.237 e. The lowest BCUT2D eigenvalue weighted by Gasteiger charge is -2.03. The highest BCUT2D eigenvalue weighted by molar-refractivity contribution is 5.33. The molecule has 2 aromatic heterocycles. The topological polar surface area (TPSA) is 43.6 Å². The maximum Gasteiger partial charge on any atom is 0.157 e. The number of aryl methyl sites for hydroxylation is 2. The number of hydrogen-bond donors (Lipinski definition) is 0. The molecule has 0 saturated heterocycles. The third-order valence-corrected chi connectivity index (χ3v) is 1.83. The molecule has 2 rings (SSSR count). The van der Waals surface area contributed by atoms with Gasteiger partial charge in [0.25, 0.3) is 0 Å². The Labute approximate surface area is 76.2 Å². The van der Waals surface area contributed by atoms with Crippen LogP contribution in [0.2, 0.25) is 0 Å². The Morgan fingerprint density at radius 2 is 2.15 bits per heavy atom. The highest BCUT2D eigenvalue weighted by atomic mass is 15.4. The molecule has 0 aliphatic carbocycles. The summed E-state index contributed by atoms with van der Waals surface area (Å²) in [6.07, 6.45) is 5.25. The lowest BCUT2D eigenvalue weighted by atomic mass is 10.2. The summed E-state index contributed by atoms with van der Waals surface area (Å²) in [6, 6.07) is 2.07. The van der Waals surface area contributed by atoms with Crippen LogP contribution >= 0.6 is 0 Å². The maximum absolute atomic E-state index is 4.28. The highest BCUT2D eigenvalue weighted by Crippen LogP contribution is 2.09. The first-order chi connectivity index (χ1) is 6.27. The quantitative estimate of drug-likeness (QED) is 0.654. The molecule has 0 atom stereocenters. The summed E-state index contributed by atoms with van der Waals surface area (Å²) >= 11 is 0. The Kier molecular flexibility index (Phi) is 1.81. The molecule has 0 aliphatic rings. The molecule has 66 valence electrons. The van der Waals surface area contributed by atoms with E-state index in [0.717, 1.165) is 16.9 Å². The molecule has 2 aromatic rings. The zero-order chi connectivity index (χ0) is 9.26. The van der Waals surface area contributed by atoms with Crippen molar-refractivity contribution < 1.29 is 0 Å². The second-order valence-electron chi connectivity index (χ2n) is 3.00. The first-order valence-electron chi connectivity index (χ1n) is 4.07. The number of nitrogens with zero attached hydrogens (tertiary/aromatic N) is 4. The van der Waals surface area contributed by atoms with Crippen LogP contribution in [0.15, 0.2) is 24.7 Å². The average molecular weight is 174 g/mol. The number of hydrogen-bond acceptors (Lipinski definition) is 3. The van der Waals surface area contributed by atoms with Gasteiger partial charge in [0.05, 0.1) is 12.4 Å². The van der Waals surface area contributed by atoms with Crippen LogP contribution in [0, 0.1) is 13.8 Å². The molecule has 0 N–H and O–H groups in total. The number of aromatic nitrogens is 4. The minimum atomic E-state index is 0.836. The van der Waals surface area contributed by atoms with Gasteiger partial charge in [0.1, 0.15) is 0 Å². The van der Waals surface area contributed by atoms with Crippen LogP contribution in [0.4, 0.5) is 0 Å². The predicted molar refractivity (Wildman–Crippen MR) is 48.6 cm³/mol. The van der Waals surface area contributed by atoms with Crippen LogP contribution in [0.5, 0.6) is 0 Å². The van der Waals surface area contributed by atoms with E-state index in [9.17, 15) is 0 Å². The molecular weight excluding hydrogens is 164 g/mol. The van der Waals surface area contributed by atoms with E-state index in [1.54, 1.807) is 17.1 Å². The molecule has 0 aliphatic heterocycles. The van der Waals surface area contributed by atoms with Crippen molar-refractivity contribution in [2.24, 2.45) is 0 Å². The van der Waals surface area contributed by atoms with Crippen molar-refractivity contribution in [1.82, 2.24) is 20.0 Å². The fraction of sp³-hybridized carbons (Fsp3) is 0.222. The second-order valence-corrected chi connectivity index (χ2v) is 3.00. The van der Waals surface area contributed by atoms with Gasteiger partial charge >= 0.3 is 0 Å². The Hall–Kier alpha value is -1.71. The van der Waals surface area contributed by atoms with Gasteiger partial charge in [-0.3, -0.25) is 0 Å². The maximum atomic E-state index is 4.28. The highest BCUT2D eigenvalue weighted by Gasteiger charge is 2.02. The summed E-state index contributed by atoms with van der Waals surface area (Å²) in [7, 11) is 0. The molecule has 13 heavy (non-hydrogen) atoms. The van der Waals surface area contributed by atoms with Crippen molar-refractivity contribution >= 4 is 0 Å². The van der Waals surface area contributed by atoms with E-state index in [4.69, 9.17) is 0 Å². The monoisotopic (exact) mass is 174 g/mol. The van der Waals surface area contributed by atoms with Gasteiger partial charge in [-0.1, -0.05) is 11.3 Å². The molecular formula is C9H10N4. The Morgan fingerprint density at radius 1 is 1.31 bits per heavy atom. The molecule has 4 heteroatoms. The van der Waals surface area contributed by atoms with Gasteiger partial charge in [-0.05, 0) is 25.0 Å². The van der Waals surface area contributed by atoms with E-state index in [0.29, 0.717) is 0 Å². The van der Waals surface area contributed by atoms with Crippen LogP contribution in [0.3, 0.4) is 0 Å². The van der Waals surface area contributed by atoms with E-state index in [1.165, 1.54) is 0 Å². The first-order valence-corrected chi connectivity index (χ1v) is 4.07. The molecule has 4 nitrogen and oxygen atoms in total. The fourth-order valence-electron chi connectivity index (χ4n) is 1.27. The largest absolute Gasteiger partial charge is 0.237 e. The van der Waals surface area contributed by atoms with Crippen molar-refractivity contribution in [3.63, 3.8) is 0 Å². The smallest absolute Gasteiger partial charge is 0.157 e. The molecule has 0 saturated carbocycles. The minimum absolute atomic E-state index is 0.836. The fourth-order valence-corrected chi connectivity index (χ4v) is 1.27. The average Bonchev–Trinajstić information content (AvgIpc) is 2.56. The van der Waals surface area contributed by atoms with Crippen molar-refractivity contribution in [1.29, 1.82) is 0 Å². The summed E-state index contributed by atoms with van der Waals surface area (Å²) in [5.41, 5.74) is 2.26. The van der Waals surface area contributed by atoms with Gasteiger partial charge in [0, 0.05) is 6.20 Å². The molecule has 2 heterocycles. The van der Waals surface area contributed by atoms with E-state index in [-0.39, 0.29) is 0 Å². The SMILES string of the molecule is Cc1cnc(-n2ccnn2)c(C)c1. The van der Waals surface area contributed by atoms with E-state index < -0.39 is 0 Å². The van der Waals surface area contributed by atoms with E-state index in [2.05, 4.69) is 21.4 Å². The molecule has 0 fully saturated rings. The van der Waals surface area contributed by atoms with Crippen LogP contribution in [0.25, 0.3) is 5.82 Å². The molecule has 0 amide bonds. The van der Waals surface area contributed by atoms with Gasteiger partial charge in [-0.2, -0.15) is 0 Å². The third-order valence-electron chi connectivity index (χ3n) is 1.83. The third kappa shape index (κ3) is 1.42. The van der Waals surface area contributed by atoms with Crippen LogP contribution in [-0.2, 0) is 0 Å². The van der Waals surface area contributed by atoms with Gasteiger partial charge in [-0.25, -0.2) is 9.67 Å². The zero-order valence-corrected chi connectivity index (χ0v) is 7.60. The van der Waals surface area contributed by atoms with Crippen molar-refractivity contribution in [3.8, 4) is 5.82 Å². The summed E-state index contributed by atoms with van der Waals surface area (Å²) < 4.78 is 1.66. The number of pyridine rings is 1. The van der Waals surface area contributed by atoms with Gasteiger partial charge < -0.3 is 0 Å². The summed E-state index contributed by atoms with van der Waals surface area (Å²) in [4.78, 5) is 4.28. The lowest BCUT2D eigenvalue weighted by molar-refractivity contribution is 0.774. The standard InChI is InChI=1S/C9H10N4/c1-7-5-8(2)9(10-6-7)13-4-3-11-12-13/h3-6H,1-2H3. The normalized spacial score (nSPS) is 10.3. The zero-order valence-electron chi connectivity index (χ0n) is 7.60. The van der Waals surface area contributed by atoms with Gasteiger partial charge in [0.2, 0.25) is 0 Å². The van der Waals surface area contributed by atoms with E-state index in [1.807, 2.05) is 20.0 Å². The molecule has 0 bridgehead atoms. The second kappa shape index (κ2) is 2.97. The van der Waals surface area contributed by atoms with Crippen molar-refractivity contribution in [2.75, 3.05) is 0 Å². The molecule has 0 spiro atoms. The number of rotatable bonds is 1. The molecule has 0 unspecified atom stereocenters. The van der Waals surface area contributed by atoms with Crippen LogP contribution in [0.1, 0.15) is 11.1 Å². The molecule has 0 radical (unpaired) electrons. The van der Waals surface area contributed by atoms with Gasteiger partial charge in [0.15, 0.2) is 5.82 Å².